The van der Waals surface area contributed by atoms with Crippen LogP contribution in [0.25, 0.3) is 0 Å². The van der Waals surface area contributed by atoms with E-state index in [1.54, 1.807) is 20.0 Å². The molecular formula is C15H23N3O5S. The van der Waals surface area contributed by atoms with Gasteiger partial charge in [-0.3, -0.25) is 9.59 Å². The monoisotopic (exact) mass is 357 g/mol. The average Bonchev–Trinajstić information content (AvgIpc) is 3.02. The molecule has 1 rings (SSSR count). The first-order valence-corrected chi connectivity index (χ1v) is 8.46. The Kier molecular flexibility index (Phi) is 8.17. The van der Waals surface area contributed by atoms with Crippen LogP contribution in [0.4, 0.5) is 5.00 Å². The van der Waals surface area contributed by atoms with E-state index in [-0.39, 0.29) is 31.1 Å². The Morgan fingerprint density at radius 1 is 1.25 bits per heavy atom. The van der Waals surface area contributed by atoms with E-state index in [1.165, 1.54) is 11.3 Å². The van der Waals surface area contributed by atoms with E-state index in [0.29, 0.717) is 0 Å². The van der Waals surface area contributed by atoms with Gasteiger partial charge in [-0.15, -0.1) is 0 Å². The molecule has 8 nitrogen and oxygen atoms in total. The summed E-state index contributed by atoms with van der Waals surface area (Å²) in [4.78, 5) is 41.6. The predicted octanol–water partition coefficient (Wildman–Crippen LogP) is 1.21. The number of nitrogens with one attached hydrogen (secondary N) is 1. The molecule has 0 aliphatic carbocycles. The van der Waals surface area contributed by atoms with E-state index in [4.69, 9.17) is 9.47 Å². The highest BCUT2D eigenvalue weighted by Gasteiger charge is 2.25. The minimum absolute atomic E-state index is 0.0123. The summed E-state index contributed by atoms with van der Waals surface area (Å²) in [5.74, 6) is -1.49. The lowest BCUT2D eigenvalue weighted by molar-refractivity contribution is -0.146. The van der Waals surface area contributed by atoms with Gasteiger partial charge in [-0.05, 0) is 20.3 Å². The molecule has 134 valence electrons. The van der Waals surface area contributed by atoms with Crippen LogP contribution in [0.5, 0.6) is 0 Å². The molecule has 0 unspecified atom stereocenters. The van der Waals surface area contributed by atoms with Gasteiger partial charge in [0.2, 0.25) is 0 Å². The van der Waals surface area contributed by atoms with E-state index in [9.17, 15) is 14.4 Å². The first-order valence-electron chi connectivity index (χ1n) is 7.65. The Morgan fingerprint density at radius 3 is 2.46 bits per heavy atom. The van der Waals surface area contributed by atoms with Crippen LogP contribution in [0.3, 0.4) is 0 Å². The Bertz CT molecular complexity index is 573. The quantitative estimate of drug-likeness (QED) is 0.663. The number of carbonyl (C=O) groups excluding carboxylic acids is 3. The molecule has 0 saturated heterocycles. The third kappa shape index (κ3) is 6.15. The third-order valence-electron chi connectivity index (χ3n) is 2.95. The van der Waals surface area contributed by atoms with Gasteiger partial charge in [0, 0.05) is 20.5 Å². The number of esters is 2. The van der Waals surface area contributed by atoms with Crippen molar-refractivity contribution in [2.45, 2.75) is 32.7 Å². The maximum absolute atomic E-state index is 12.3. The SMILES string of the molecule is CCOC(=O)CC[C@@H](NC(=O)c1ncc(N(C)C)s1)C(=O)OCC. The van der Waals surface area contributed by atoms with Gasteiger partial charge >= 0.3 is 11.9 Å². The summed E-state index contributed by atoms with van der Waals surface area (Å²) in [6.45, 7) is 3.83. The number of thiazole rings is 1. The lowest BCUT2D eigenvalue weighted by atomic mass is 10.1. The van der Waals surface area contributed by atoms with Gasteiger partial charge in [-0.2, -0.15) is 0 Å². The van der Waals surface area contributed by atoms with Gasteiger partial charge < -0.3 is 19.7 Å². The topological polar surface area (TPSA) is 97.8 Å². The fourth-order valence-electron chi connectivity index (χ4n) is 1.78. The van der Waals surface area contributed by atoms with Crippen LogP contribution in [0.1, 0.15) is 36.5 Å². The summed E-state index contributed by atoms with van der Waals surface area (Å²) in [5, 5.41) is 3.63. The summed E-state index contributed by atoms with van der Waals surface area (Å²) in [6.07, 6.45) is 1.70. The van der Waals surface area contributed by atoms with Crippen LogP contribution in [-0.2, 0) is 19.1 Å². The second-order valence-electron chi connectivity index (χ2n) is 5.02. The minimum atomic E-state index is -0.923. The van der Waals surface area contributed by atoms with Crippen molar-refractivity contribution in [3.63, 3.8) is 0 Å². The smallest absolute Gasteiger partial charge is 0.328 e. The van der Waals surface area contributed by atoms with Crippen LogP contribution in [0, 0.1) is 0 Å². The molecule has 1 aromatic heterocycles. The average molecular weight is 357 g/mol. The van der Waals surface area contributed by atoms with Crippen LogP contribution >= 0.6 is 11.3 Å². The molecule has 0 aliphatic heterocycles. The van der Waals surface area contributed by atoms with Crippen molar-refractivity contribution in [2.24, 2.45) is 0 Å². The number of hydrogen-bond donors (Lipinski definition) is 1. The molecule has 0 saturated carbocycles. The number of anilines is 1. The zero-order valence-corrected chi connectivity index (χ0v) is 15.1. The molecule has 0 fully saturated rings. The first-order chi connectivity index (χ1) is 11.4. The largest absolute Gasteiger partial charge is 0.466 e. The van der Waals surface area contributed by atoms with Crippen molar-refractivity contribution in [1.29, 1.82) is 0 Å². The number of amides is 1. The molecule has 9 heteroatoms. The Labute approximate surface area is 145 Å². The van der Waals surface area contributed by atoms with Gasteiger partial charge in [0.05, 0.1) is 19.4 Å². The van der Waals surface area contributed by atoms with E-state index in [0.717, 1.165) is 5.00 Å². The molecule has 24 heavy (non-hydrogen) atoms. The Hall–Kier alpha value is -2.16. The highest BCUT2D eigenvalue weighted by Crippen LogP contribution is 2.21. The molecule has 0 radical (unpaired) electrons. The molecule has 1 aromatic rings. The Morgan fingerprint density at radius 2 is 1.92 bits per heavy atom. The van der Waals surface area contributed by atoms with Crippen molar-refractivity contribution in [2.75, 3.05) is 32.2 Å². The number of aromatic nitrogens is 1. The van der Waals surface area contributed by atoms with E-state index in [2.05, 4.69) is 10.3 Å². The second kappa shape index (κ2) is 9.86. The molecule has 1 amide bonds. The molecular weight excluding hydrogens is 334 g/mol. The van der Waals surface area contributed by atoms with E-state index in [1.807, 2.05) is 19.0 Å². The standard InChI is InChI=1S/C15H23N3O5S/c1-5-22-12(19)8-7-10(15(21)23-6-2)17-13(20)14-16-9-11(24-14)18(3)4/h9-10H,5-8H2,1-4H3,(H,17,20)/t10-/m1/s1. The zero-order chi connectivity index (χ0) is 18.1. The highest BCUT2D eigenvalue weighted by molar-refractivity contribution is 7.17. The molecule has 0 aromatic carbocycles. The van der Waals surface area contributed by atoms with Gasteiger partial charge in [0.25, 0.3) is 5.91 Å². The molecule has 0 aliphatic rings. The third-order valence-corrected chi connectivity index (χ3v) is 4.11. The van der Waals surface area contributed by atoms with E-state index >= 15 is 0 Å². The van der Waals surface area contributed by atoms with Crippen molar-refractivity contribution < 1.29 is 23.9 Å². The van der Waals surface area contributed by atoms with Crippen LogP contribution in [0.2, 0.25) is 0 Å². The highest BCUT2D eigenvalue weighted by atomic mass is 32.1. The first kappa shape index (κ1) is 19.9. The number of rotatable bonds is 9. The van der Waals surface area contributed by atoms with Crippen molar-refractivity contribution >= 4 is 34.2 Å². The van der Waals surface area contributed by atoms with Crippen LogP contribution in [0.15, 0.2) is 6.20 Å². The van der Waals surface area contributed by atoms with Crippen LogP contribution < -0.4 is 10.2 Å². The minimum Gasteiger partial charge on any atom is -0.466 e. The maximum atomic E-state index is 12.3. The summed E-state index contributed by atoms with van der Waals surface area (Å²) in [5.41, 5.74) is 0. The van der Waals surface area contributed by atoms with Crippen molar-refractivity contribution in [1.82, 2.24) is 10.3 Å². The van der Waals surface area contributed by atoms with Gasteiger partial charge in [0.15, 0.2) is 5.01 Å². The Balaban J connectivity index is 2.73. The van der Waals surface area contributed by atoms with Gasteiger partial charge in [-0.1, -0.05) is 11.3 Å². The van der Waals surface area contributed by atoms with Gasteiger partial charge in [-0.25, -0.2) is 9.78 Å². The fraction of sp³-hybridized carbons (Fsp3) is 0.600. The molecule has 0 bridgehead atoms. The second-order valence-corrected chi connectivity index (χ2v) is 6.03. The number of ether oxygens (including phenoxy) is 2. The summed E-state index contributed by atoms with van der Waals surface area (Å²) < 4.78 is 9.78. The normalized spacial score (nSPS) is 11.5. The van der Waals surface area contributed by atoms with Gasteiger partial charge in [0.1, 0.15) is 11.0 Å². The van der Waals surface area contributed by atoms with E-state index < -0.39 is 23.9 Å². The van der Waals surface area contributed by atoms with Crippen molar-refractivity contribution in [3.8, 4) is 0 Å². The summed E-state index contributed by atoms with van der Waals surface area (Å²) in [6, 6.07) is -0.923. The predicted molar refractivity (Wildman–Crippen MR) is 90.2 cm³/mol. The maximum Gasteiger partial charge on any atom is 0.328 e. The molecule has 1 N–H and O–H groups in total. The number of hydrogen-bond acceptors (Lipinski definition) is 8. The lowest BCUT2D eigenvalue weighted by Gasteiger charge is -2.16. The van der Waals surface area contributed by atoms with Crippen LogP contribution in [-0.4, -0.2) is 56.2 Å². The van der Waals surface area contributed by atoms with Crippen molar-refractivity contribution in [3.05, 3.63) is 11.2 Å². The fourth-order valence-corrected chi connectivity index (χ4v) is 2.53. The summed E-state index contributed by atoms with van der Waals surface area (Å²) in [7, 11) is 3.69. The molecule has 1 heterocycles. The zero-order valence-electron chi connectivity index (χ0n) is 14.3. The lowest BCUT2D eigenvalue weighted by Crippen LogP contribution is -2.42. The molecule has 1 atom stereocenters. The number of carbonyl (C=O) groups is 3. The number of nitrogens with zero attached hydrogens (tertiary/aromatic N) is 2. The summed E-state index contributed by atoms with van der Waals surface area (Å²) >= 11 is 1.21. The molecule has 0 spiro atoms.